The summed E-state index contributed by atoms with van der Waals surface area (Å²) in [6, 6.07) is 0. The number of aliphatic hydroxyl groups excluding tert-OH is 1. The number of rotatable bonds is 0. The van der Waals surface area contributed by atoms with Crippen molar-refractivity contribution in [2.75, 3.05) is 6.61 Å². The van der Waals surface area contributed by atoms with Crippen molar-refractivity contribution in [3.63, 3.8) is 0 Å². The quantitative estimate of drug-likeness (QED) is 0.531. The van der Waals surface area contributed by atoms with Gasteiger partial charge < -0.3 is 14.6 Å². The van der Waals surface area contributed by atoms with Crippen LogP contribution in [-0.2, 0) is 9.47 Å². The molecule has 1 N–H and O–H groups in total. The third kappa shape index (κ3) is 7.04. The third-order valence-corrected chi connectivity index (χ3v) is 0.425. The van der Waals surface area contributed by atoms with E-state index in [1.807, 2.05) is 0 Å². The van der Waals surface area contributed by atoms with Gasteiger partial charge in [0, 0.05) is 6.61 Å². The summed E-state index contributed by atoms with van der Waals surface area (Å²) in [6.45, 7) is 1.93. The van der Waals surface area contributed by atoms with Crippen molar-refractivity contribution in [1.82, 2.24) is 0 Å². The van der Waals surface area contributed by atoms with Gasteiger partial charge in [-0.25, -0.2) is 0 Å². The van der Waals surface area contributed by atoms with Crippen LogP contribution in [0.15, 0.2) is 25.0 Å². The van der Waals surface area contributed by atoms with E-state index in [0.717, 1.165) is 0 Å². The smallest absolute Gasteiger partial charge is 0.125 e. The van der Waals surface area contributed by atoms with E-state index in [1.165, 1.54) is 25.0 Å². The summed E-state index contributed by atoms with van der Waals surface area (Å²) in [5.41, 5.74) is 0. The zero-order chi connectivity index (χ0) is 6.95. The largest absolute Gasteiger partial charge is 0.466 e. The highest BCUT2D eigenvalue weighted by atomic mass is 16.5. The Labute approximate surface area is 54.2 Å². The fraction of sp³-hybridized carbons (Fsp3) is 0.333. The minimum atomic E-state index is 0.250. The molecule has 0 atom stereocenters. The van der Waals surface area contributed by atoms with Crippen molar-refractivity contribution >= 4 is 0 Å². The molecule has 1 heterocycles. The standard InChI is InChI=1S/C4H4O2.C2H6O/c1-2-6-4-3-5-1;1-2-3/h1-4H;3H,2H2,1H3. The van der Waals surface area contributed by atoms with Gasteiger partial charge in [0.1, 0.15) is 25.0 Å². The van der Waals surface area contributed by atoms with Crippen LogP contribution < -0.4 is 0 Å². The first-order valence-corrected chi connectivity index (χ1v) is 2.63. The molecule has 0 bridgehead atoms. The molecule has 0 amide bonds. The van der Waals surface area contributed by atoms with Crippen LogP contribution >= 0.6 is 0 Å². The predicted molar refractivity (Wildman–Crippen MR) is 33.2 cm³/mol. The normalized spacial score (nSPS) is 12.7. The molecule has 52 valence electrons. The van der Waals surface area contributed by atoms with Crippen molar-refractivity contribution < 1.29 is 14.6 Å². The van der Waals surface area contributed by atoms with E-state index in [9.17, 15) is 0 Å². The minimum Gasteiger partial charge on any atom is -0.466 e. The first-order chi connectivity index (χ1) is 4.41. The Morgan fingerprint density at radius 2 is 1.33 bits per heavy atom. The highest BCUT2D eigenvalue weighted by Crippen LogP contribution is 1.89. The van der Waals surface area contributed by atoms with Crippen LogP contribution in [0.5, 0.6) is 0 Å². The molecule has 3 nitrogen and oxygen atoms in total. The topological polar surface area (TPSA) is 38.7 Å². The van der Waals surface area contributed by atoms with Crippen LogP contribution in [-0.4, -0.2) is 11.7 Å². The van der Waals surface area contributed by atoms with Crippen LogP contribution in [0.1, 0.15) is 6.92 Å². The predicted octanol–water partition coefficient (Wildman–Crippen LogP) is 0.974. The van der Waals surface area contributed by atoms with Gasteiger partial charge in [0.05, 0.1) is 0 Å². The van der Waals surface area contributed by atoms with Crippen molar-refractivity contribution in [3.8, 4) is 0 Å². The Morgan fingerprint density at radius 1 is 1.11 bits per heavy atom. The molecular weight excluding hydrogens is 120 g/mol. The fourth-order valence-corrected chi connectivity index (χ4v) is 0.219. The van der Waals surface area contributed by atoms with E-state index in [2.05, 4.69) is 9.47 Å². The van der Waals surface area contributed by atoms with Gasteiger partial charge in [-0.3, -0.25) is 0 Å². The fourth-order valence-electron chi connectivity index (χ4n) is 0.219. The third-order valence-electron chi connectivity index (χ3n) is 0.425. The summed E-state index contributed by atoms with van der Waals surface area (Å²) in [5.74, 6) is 0. The lowest BCUT2D eigenvalue weighted by molar-refractivity contribution is 0.290. The van der Waals surface area contributed by atoms with Gasteiger partial charge in [-0.1, -0.05) is 0 Å². The summed E-state index contributed by atoms with van der Waals surface area (Å²) in [5, 5.41) is 7.57. The summed E-state index contributed by atoms with van der Waals surface area (Å²) >= 11 is 0. The average molecular weight is 130 g/mol. The Morgan fingerprint density at radius 3 is 1.44 bits per heavy atom. The monoisotopic (exact) mass is 130 g/mol. The van der Waals surface area contributed by atoms with Gasteiger partial charge in [-0.15, -0.1) is 0 Å². The van der Waals surface area contributed by atoms with Gasteiger partial charge >= 0.3 is 0 Å². The van der Waals surface area contributed by atoms with Gasteiger partial charge in [-0.05, 0) is 6.92 Å². The van der Waals surface area contributed by atoms with Crippen molar-refractivity contribution in [1.29, 1.82) is 0 Å². The van der Waals surface area contributed by atoms with Gasteiger partial charge in [0.2, 0.25) is 0 Å². The molecule has 1 aliphatic heterocycles. The highest BCUT2D eigenvalue weighted by molar-refractivity contribution is 4.77. The number of hydrogen-bond donors (Lipinski definition) is 1. The lowest BCUT2D eigenvalue weighted by Gasteiger charge is -1.94. The Bertz CT molecular complexity index is 76.5. The van der Waals surface area contributed by atoms with E-state index < -0.39 is 0 Å². The zero-order valence-corrected chi connectivity index (χ0v) is 5.28. The van der Waals surface area contributed by atoms with E-state index in [4.69, 9.17) is 5.11 Å². The maximum absolute atomic E-state index is 7.57. The second-order valence-corrected chi connectivity index (χ2v) is 1.13. The summed E-state index contributed by atoms with van der Waals surface area (Å²) < 4.78 is 9.17. The van der Waals surface area contributed by atoms with Crippen LogP contribution in [0, 0.1) is 0 Å². The molecule has 1 rings (SSSR count). The molecule has 3 heteroatoms. The molecule has 0 spiro atoms. The van der Waals surface area contributed by atoms with E-state index in [-0.39, 0.29) is 6.61 Å². The average Bonchev–Trinajstić information content (AvgIpc) is 1.93. The van der Waals surface area contributed by atoms with Gasteiger partial charge in [0.25, 0.3) is 0 Å². The lowest BCUT2D eigenvalue weighted by Crippen LogP contribution is -1.74. The summed E-state index contributed by atoms with van der Waals surface area (Å²) in [6.07, 6.45) is 5.83. The minimum absolute atomic E-state index is 0.250. The summed E-state index contributed by atoms with van der Waals surface area (Å²) in [7, 11) is 0. The Balaban J connectivity index is 0.000000187. The number of hydrogen-bond acceptors (Lipinski definition) is 3. The van der Waals surface area contributed by atoms with E-state index >= 15 is 0 Å². The van der Waals surface area contributed by atoms with E-state index in [1.54, 1.807) is 6.92 Å². The molecule has 1 aliphatic rings. The molecule has 0 aromatic carbocycles. The van der Waals surface area contributed by atoms with Crippen LogP contribution in [0.2, 0.25) is 0 Å². The molecule has 0 aromatic heterocycles. The second-order valence-electron chi connectivity index (χ2n) is 1.13. The summed E-state index contributed by atoms with van der Waals surface area (Å²) in [4.78, 5) is 0. The van der Waals surface area contributed by atoms with E-state index in [0.29, 0.717) is 0 Å². The lowest BCUT2D eigenvalue weighted by atomic mass is 10.9. The molecule has 0 aromatic rings. The van der Waals surface area contributed by atoms with Crippen LogP contribution in [0.4, 0.5) is 0 Å². The van der Waals surface area contributed by atoms with Crippen molar-refractivity contribution in [3.05, 3.63) is 25.0 Å². The van der Waals surface area contributed by atoms with Crippen molar-refractivity contribution in [2.45, 2.75) is 6.92 Å². The molecular formula is C6H10O3. The number of ether oxygens (including phenoxy) is 2. The highest BCUT2D eigenvalue weighted by Gasteiger charge is 1.74. The molecule has 0 radical (unpaired) electrons. The Kier molecular flexibility index (Phi) is 6.29. The first kappa shape index (κ1) is 8.04. The zero-order valence-electron chi connectivity index (χ0n) is 5.28. The molecule has 0 fully saturated rings. The molecule has 0 unspecified atom stereocenters. The first-order valence-electron chi connectivity index (χ1n) is 2.63. The molecule has 0 aliphatic carbocycles. The van der Waals surface area contributed by atoms with Crippen molar-refractivity contribution in [2.24, 2.45) is 0 Å². The van der Waals surface area contributed by atoms with Gasteiger partial charge in [-0.2, -0.15) is 0 Å². The van der Waals surface area contributed by atoms with Gasteiger partial charge in [0.15, 0.2) is 0 Å². The second kappa shape index (κ2) is 7.04. The van der Waals surface area contributed by atoms with Crippen LogP contribution in [0.3, 0.4) is 0 Å². The maximum Gasteiger partial charge on any atom is 0.125 e. The molecule has 0 saturated heterocycles. The van der Waals surface area contributed by atoms with Crippen LogP contribution in [0.25, 0.3) is 0 Å². The Hall–Kier alpha value is -0.960. The maximum atomic E-state index is 7.57. The SMILES string of the molecule is C1=COC=CO1.CCO. The number of aliphatic hydroxyl groups is 1. The molecule has 0 saturated carbocycles. The molecule has 9 heavy (non-hydrogen) atoms.